The van der Waals surface area contributed by atoms with Crippen molar-refractivity contribution < 1.29 is 23.8 Å². The monoisotopic (exact) mass is 473 g/mol. The summed E-state index contributed by atoms with van der Waals surface area (Å²) in [6.07, 6.45) is 1.42. The zero-order valence-corrected chi connectivity index (χ0v) is 18.0. The van der Waals surface area contributed by atoms with Crippen molar-refractivity contribution in [1.29, 1.82) is 0 Å². The molecule has 30 heavy (non-hydrogen) atoms. The van der Waals surface area contributed by atoms with Gasteiger partial charge in [0, 0.05) is 28.8 Å². The van der Waals surface area contributed by atoms with E-state index in [1.807, 2.05) is 6.92 Å². The van der Waals surface area contributed by atoms with Crippen LogP contribution < -0.4 is 0 Å². The minimum Gasteiger partial charge on any atom is -0.507 e. The predicted molar refractivity (Wildman–Crippen MR) is 113 cm³/mol. The maximum Gasteiger partial charge on any atom is 0.295 e. The Balaban J connectivity index is 1.86. The lowest BCUT2D eigenvalue weighted by Crippen LogP contribution is -2.36. The molecule has 2 aliphatic heterocycles. The van der Waals surface area contributed by atoms with Crippen molar-refractivity contribution in [3.8, 4) is 0 Å². The minimum absolute atomic E-state index is 0.107. The van der Waals surface area contributed by atoms with E-state index in [9.17, 15) is 19.1 Å². The fourth-order valence-electron chi connectivity index (χ4n) is 4.04. The van der Waals surface area contributed by atoms with E-state index in [-0.39, 0.29) is 29.5 Å². The van der Waals surface area contributed by atoms with Crippen molar-refractivity contribution in [3.63, 3.8) is 0 Å². The smallest absolute Gasteiger partial charge is 0.295 e. The molecule has 2 aromatic rings. The van der Waals surface area contributed by atoms with Gasteiger partial charge in [0.15, 0.2) is 0 Å². The molecule has 5 nitrogen and oxygen atoms in total. The number of nitrogens with zero attached hydrogens (tertiary/aromatic N) is 1. The number of aliphatic hydroxyl groups excluding tert-OH is 1. The Hall–Kier alpha value is -2.51. The molecule has 1 amide bonds. The Morgan fingerprint density at radius 2 is 2.03 bits per heavy atom. The van der Waals surface area contributed by atoms with Crippen molar-refractivity contribution in [1.82, 2.24) is 4.90 Å². The van der Waals surface area contributed by atoms with Crippen LogP contribution in [0.4, 0.5) is 4.39 Å². The molecule has 2 heterocycles. The first-order chi connectivity index (χ1) is 14.4. The molecule has 2 unspecified atom stereocenters. The van der Waals surface area contributed by atoms with Crippen LogP contribution in [0.25, 0.3) is 5.76 Å². The van der Waals surface area contributed by atoms with E-state index in [1.165, 1.54) is 17.0 Å². The third-order valence-corrected chi connectivity index (χ3v) is 6.49. The number of aliphatic hydroxyl groups is 1. The highest BCUT2D eigenvalue weighted by molar-refractivity contribution is 9.10. The van der Waals surface area contributed by atoms with Crippen LogP contribution >= 0.6 is 15.9 Å². The number of aryl methyl sites for hydroxylation is 1. The quantitative estimate of drug-likeness (QED) is 0.403. The molecule has 0 radical (unpaired) electrons. The third kappa shape index (κ3) is 3.68. The normalized spacial score (nSPS) is 23.4. The van der Waals surface area contributed by atoms with Gasteiger partial charge in [-0.3, -0.25) is 9.59 Å². The number of carbonyl (C=O) groups is 2. The highest BCUT2D eigenvalue weighted by atomic mass is 79.9. The fourth-order valence-corrected chi connectivity index (χ4v) is 4.29. The zero-order valence-electron chi connectivity index (χ0n) is 16.4. The molecular weight excluding hydrogens is 453 g/mol. The predicted octanol–water partition coefficient (Wildman–Crippen LogP) is 4.50. The number of rotatable bonds is 4. The Morgan fingerprint density at radius 3 is 2.70 bits per heavy atom. The van der Waals surface area contributed by atoms with Crippen molar-refractivity contribution >= 4 is 33.4 Å². The first kappa shape index (κ1) is 20.8. The highest BCUT2D eigenvalue weighted by Crippen LogP contribution is 2.41. The number of ketones is 1. The Morgan fingerprint density at radius 1 is 1.27 bits per heavy atom. The van der Waals surface area contributed by atoms with Gasteiger partial charge in [0.1, 0.15) is 11.6 Å². The van der Waals surface area contributed by atoms with Crippen molar-refractivity contribution in [3.05, 3.63) is 75.0 Å². The summed E-state index contributed by atoms with van der Waals surface area (Å²) in [5.41, 5.74) is 1.32. The van der Waals surface area contributed by atoms with Gasteiger partial charge in [-0.25, -0.2) is 4.39 Å². The number of amides is 1. The average Bonchev–Trinajstić information content (AvgIpc) is 3.32. The number of hydrogen-bond acceptors (Lipinski definition) is 4. The van der Waals surface area contributed by atoms with Crippen LogP contribution in [-0.4, -0.2) is 41.0 Å². The summed E-state index contributed by atoms with van der Waals surface area (Å²) >= 11 is 3.41. The molecule has 0 aromatic heterocycles. The van der Waals surface area contributed by atoms with E-state index < -0.39 is 23.5 Å². The average molecular weight is 474 g/mol. The number of ether oxygens (including phenoxy) is 1. The molecule has 2 saturated heterocycles. The Labute approximate surface area is 182 Å². The van der Waals surface area contributed by atoms with Crippen molar-refractivity contribution in [2.45, 2.75) is 31.9 Å². The summed E-state index contributed by atoms with van der Waals surface area (Å²) in [5.74, 6) is -2.43. The molecule has 0 saturated carbocycles. The Bertz CT molecular complexity index is 1050. The summed E-state index contributed by atoms with van der Waals surface area (Å²) in [5, 5.41) is 11.0. The van der Waals surface area contributed by atoms with Crippen molar-refractivity contribution in [2.24, 2.45) is 0 Å². The van der Waals surface area contributed by atoms with Gasteiger partial charge >= 0.3 is 0 Å². The lowest BCUT2D eigenvalue weighted by molar-refractivity contribution is -0.140. The number of halogens is 2. The standard InChI is InChI=1S/C23H21BrFNO4/c1-13-11-14(8-9-17(13)24)21(27)19-20(16-6-2-3-7-18(16)25)26(23(29)22(19)28)12-15-5-4-10-30-15/h2-3,6-9,11,15,20,27H,4-5,10,12H2,1H3/b21-19+. The number of hydrogen-bond donors (Lipinski definition) is 1. The van der Waals surface area contributed by atoms with Gasteiger partial charge in [-0.2, -0.15) is 0 Å². The van der Waals surface area contributed by atoms with Crippen LogP contribution in [0.15, 0.2) is 52.5 Å². The molecule has 156 valence electrons. The molecule has 1 N–H and O–H groups in total. The zero-order chi connectivity index (χ0) is 21.4. The summed E-state index contributed by atoms with van der Waals surface area (Å²) < 4.78 is 21.2. The molecule has 2 aliphatic rings. The maximum atomic E-state index is 14.7. The highest BCUT2D eigenvalue weighted by Gasteiger charge is 2.47. The first-order valence-corrected chi connectivity index (χ1v) is 10.6. The van der Waals surface area contributed by atoms with Crippen LogP contribution in [0.5, 0.6) is 0 Å². The SMILES string of the molecule is Cc1cc(/C(O)=C2\C(=O)C(=O)N(CC3CCCO3)C2c2ccccc2F)ccc1Br. The summed E-state index contributed by atoms with van der Waals surface area (Å²) in [4.78, 5) is 27.2. The second-order valence-electron chi connectivity index (χ2n) is 7.57. The molecule has 2 atom stereocenters. The van der Waals surface area contributed by atoms with E-state index in [0.29, 0.717) is 12.2 Å². The van der Waals surface area contributed by atoms with Crippen LogP contribution in [-0.2, 0) is 14.3 Å². The summed E-state index contributed by atoms with van der Waals surface area (Å²) in [6.45, 7) is 2.61. The molecule has 0 spiro atoms. The van der Waals surface area contributed by atoms with Crippen LogP contribution in [0.3, 0.4) is 0 Å². The molecule has 0 aliphatic carbocycles. The van der Waals surface area contributed by atoms with E-state index >= 15 is 0 Å². The number of benzene rings is 2. The molecular formula is C23H21BrFNO4. The molecule has 2 fully saturated rings. The van der Waals surface area contributed by atoms with Gasteiger partial charge in [0.05, 0.1) is 17.7 Å². The van der Waals surface area contributed by atoms with Crippen LogP contribution in [0, 0.1) is 12.7 Å². The van der Waals surface area contributed by atoms with Gasteiger partial charge in [-0.15, -0.1) is 0 Å². The Kier molecular flexibility index (Phi) is 5.75. The van der Waals surface area contributed by atoms with Gasteiger partial charge < -0.3 is 14.7 Å². The van der Waals surface area contributed by atoms with Gasteiger partial charge in [-0.05, 0) is 43.5 Å². The summed E-state index contributed by atoms with van der Waals surface area (Å²) in [6, 6.07) is 10.1. The second-order valence-corrected chi connectivity index (χ2v) is 8.43. The third-order valence-electron chi connectivity index (χ3n) is 5.60. The molecule has 7 heteroatoms. The largest absolute Gasteiger partial charge is 0.507 e. The van der Waals surface area contributed by atoms with E-state index in [1.54, 1.807) is 30.3 Å². The van der Waals surface area contributed by atoms with Crippen molar-refractivity contribution in [2.75, 3.05) is 13.2 Å². The van der Waals surface area contributed by atoms with Crippen LogP contribution in [0.2, 0.25) is 0 Å². The van der Waals surface area contributed by atoms with Gasteiger partial charge in [0.2, 0.25) is 0 Å². The number of carbonyl (C=O) groups excluding carboxylic acids is 2. The van der Waals surface area contributed by atoms with Gasteiger partial charge in [0.25, 0.3) is 11.7 Å². The lowest BCUT2D eigenvalue weighted by atomic mass is 9.94. The number of likely N-dealkylation sites (tertiary alicyclic amines) is 1. The maximum absolute atomic E-state index is 14.7. The molecule has 0 bridgehead atoms. The second kappa shape index (κ2) is 8.32. The van der Waals surface area contributed by atoms with E-state index in [0.717, 1.165) is 22.9 Å². The minimum atomic E-state index is -1.01. The summed E-state index contributed by atoms with van der Waals surface area (Å²) in [7, 11) is 0. The number of Topliss-reactive ketones (excluding diaryl/α,β-unsaturated/α-hetero) is 1. The topological polar surface area (TPSA) is 66.8 Å². The van der Waals surface area contributed by atoms with Gasteiger partial charge in [-0.1, -0.05) is 40.2 Å². The fraction of sp³-hybridized carbons (Fsp3) is 0.304. The molecule has 2 aromatic carbocycles. The van der Waals surface area contributed by atoms with E-state index in [4.69, 9.17) is 4.74 Å². The molecule has 4 rings (SSSR count). The van der Waals surface area contributed by atoms with Crippen LogP contribution in [0.1, 0.15) is 35.6 Å². The first-order valence-electron chi connectivity index (χ1n) is 9.79. The lowest BCUT2D eigenvalue weighted by Gasteiger charge is -2.27. The van der Waals surface area contributed by atoms with E-state index in [2.05, 4.69) is 15.9 Å².